The molecule has 0 aromatic heterocycles. The molecule has 0 heterocycles. The van der Waals surface area contributed by atoms with E-state index in [0.29, 0.717) is 6.42 Å². The number of hydrogen-bond donors (Lipinski definition) is 3. The van der Waals surface area contributed by atoms with E-state index >= 15 is 0 Å². The maximum atomic E-state index is 11.3. The normalized spacial score (nSPS) is 11.3. The Morgan fingerprint density at radius 2 is 1.72 bits per heavy atom. The van der Waals surface area contributed by atoms with E-state index < -0.39 is 34.8 Å². The molecule has 1 rings (SSSR count). The predicted molar refractivity (Wildman–Crippen MR) is 102 cm³/mol. The second-order valence-corrected chi connectivity index (χ2v) is 6.80. The van der Waals surface area contributed by atoms with Gasteiger partial charge in [-0.15, -0.1) is 0 Å². The lowest BCUT2D eigenvalue weighted by Crippen LogP contribution is -2.43. The molecule has 0 saturated carbocycles. The Kier molecular flexibility index (Phi) is 10.7. The average molecular weight is 414 g/mol. The van der Waals surface area contributed by atoms with Crippen LogP contribution in [0.15, 0.2) is 24.3 Å². The lowest BCUT2D eigenvalue weighted by molar-refractivity contribution is -0.384. The monoisotopic (exact) mass is 414 g/mol. The first kappa shape index (κ1) is 25.6. The van der Waals surface area contributed by atoms with Crippen molar-refractivity contribution in [3.8, 4) is 5.75 Å². The highest BCUT2D eigenvalue weighted by Gasteiger charge is 2.23. The van der Waals surface area contributed by atoms with Crippen LogP contribution in [0.25, 0.3) is 0 Å². The summed E-state index contributed by atoms with van der Waals surface area (Å²) in [4.78, 5) is 41.8. The molecule has 0 aliphatic carbocycles. The van der Waals surface area contributed by atoms with E-state index in [4.69, 9.17) is 14.9 Å². The minimum absolute atomic E-state index is 0.0538. The first-order valence-electron chi connectivity index (χ1n) is 8.73. The molecule has 1 amide bonds. The van der Waals surface area contributed by atoms with Gasteiger partial charge in [-0.05, 0) is 39.3 Å². The Hall–Kier alpha value is -3.37. The van der Waals surface area contributed by atoms with Crippen molar-refractivity contribution in [2.45, 2.75) is 58.6 Å². The third-order valence-electron chi connectivity index (χ3n) is 3.09. The van der Waals surface area contributed by atoms with Crippen LogP contribution in [0, 0.1) is 10.1 Å². The van der Waals surface area contributed by atoms with Crippen molar-refractivity contribution >= 4 is 23.9 Å². The zero-order chi connectivity index (χ0) is 22.6. The second-order valence-electron chi connectivity index (χ2n) is 6.80. The summed E-state index contributed by atoms with van der Waals surface area (Å²) >= 11 is 0. The fraction of sp³-hybridized carbons (Fsp3) is 0.500. The van der Waals surface area contributed by atoms with Crippen molar-refractivity contribution in [3.05, 3.63) is 34.4 Å². The molecule has 11 heteroatoms. The van der Waals surface area contributed by atoms with Crippen molar-refractivity contribution in [3.63, 3.8) is 0 Å². The number of carbonyl (C=O) groups excluding carboxylic acids is 1. The molecule has 0 unspecified atom stereocenters. The van der Waals surface area contributed by atoms with E-state index in [0.717, 1.165) is 25.0 Å². The molecular weight excluding hydrogens is 388 g/mol. The number of unbranched alkanes of at least 4 members (excludes halogenated alkanes) is 1. The molecule has 0 bridgehead atoms. The van der Waals surface area contributed by atoms with Gasteiger partial charge in [0.15, 0.2) is 0 Å². The highest BCUT2D eigenvalue weighted by Crippen LogP contribution is 2.17. The number of hydrogen-bond acceptors (Lipinski definition) is 7. The van der Waals surface area contributed by atoms with E-state index in [1.54, 1.807) is 20.8 Å². The summed E-state index contributed by atoms with van der Waals surface area (Å²) in [5.74, 6) is -0.975. The Balaban J connectivity index is 0.000000551. The van der Waals surface area contributed by atoms with Crippen LogP contribution in [0.5, 0.6) is 5.75 Å². The molecule has 11 nitrogen and oxygen atoms in total. The number of benzene rings is 1. The Labute approximate surface area is 167 Å². The van der Waals surface area contributed by atoms with Gasteiger partial charge in [-0.3, -0.25) is 10.1 Å². The number of carboxylic acids is 1. The van der Waals surface area contributed by atoms with Crippen molar-refractivity contribution < 1.29 is 39.0 Å². The summed E-state index contributed by atoms with van der Waals surface area (Å²) in [6, 6.07) is 3.89. The molecule has 0 spiro atoms. The number of nitro groups is 1. The third kappa shape index (κ3) is 12.6. The van der Waals surface area contributed by atoms with Gasteiger partial charge in [0.2, 0.25) is 0 Å². The highest BCUT2D eigenvalue weighted by atomic mass is 16.7. The quantitative estimate of drug-likeness (QED) is 0.260. The topological polar surface area (TPSA) is 165 Å². The number of nitrogens with one attached hydrogen (secondary N) is 1. The van der Waals surface area contributed by atoms with Crippen molar-refractivity contribution in [2.75, 3.05) is 0 Å². The number of aliphatic carboxylic acids is 1. The first-order valence-corrected chi connectivity index (χ1v) is 8.73. The molecule has 0 aliphatic heterocycles. The van der Waals surface area contributed by atoms with E-state index in [9.17, 15) is 24.5 Å². The van der Waals surface area contributed by atoms with Crippen LogP contribution in [0.2, 0.25) is 0 Å². The largest absolute Gasteiger partial charge is 0.511 e. The van der Waals surface area contributed by atoms with Crippen LogP contribution in [0.1, 0.15) is 47.0 Å². The number of carboxylic acid groups (broad SMARTS) is 2. The van der Waals surface area contributed by atoms with Crippen molar-refractivity contribution in [1.82, 2.24) is 5.32 Å². The van der Waals surface area contributed by atoms with E-state index in [1.807, 2.05) is 6.92 Å². The number of alkyl carbamates (subject to hydrolysis) is 1. The van der Waals surface area contributed by atoms with Crippen LogP contribution in [-0.2, 0) is 9.53 Å². The molecule has 0 radical (unpaired) electrons. The molecule has 1 aromatic carbocycles. The molecule has 0 saturated heterocycles. The molecule has 1 atom stereocenters. The molecule has 0 aliphatic rings. The number of nitro benzene ring substituents is 1. The summed E-state index contributed by atoms with van der Waals surface area (Å²) in [5, 5.41) is 29.6. The van der Waals surface area contributed by atoms with Gasteiger partial charge < -0.3 is 25.0 Å². The van der Waals surface area contributed by atoms with E-state index in [2.05, 4.69) is 10.1 Å². The third-order valence-corrected chi connectivity index (χ3v) is 3.09. The van der Waals surface area contributed by atoms with Crippen LogP contribution in [0.3, 0.4) is 0 Å². The van der Waals surface area contributed by atoms with Crippen LogP contribution in [0.4, 0.5) is 15.3 Å². The van der Waals surface area contributed by atoms with E-state index in [1.165, 1.54) is 12.1 Å². The smallest absolute Gasteiger partial charge is 0.480 e. The van der Waals surface area contributed by atoms with Gasteiger partial charge in [0, 0.05) is 12.1 Å². The Bertz CT molecular complexity index is 696. The average Bonchev–Trinajstić information content (AvgIpc) is 2.57. The van der Waals surface area contributed by atoms with Crippen LogP contribution < -0.4 is 10.1 Å². The first-order chi connectivity index (χ1) is 13.4. The predicted octanol–water partition coefficient (Wildman–Crippen LogP) is 3.81. The van der Waals surface area contributed by atoms with Crippen LogP contribution in [-0.4, -0.2) is 45.0 Å². The number of non-ortho nitro benzene ring substituents is 1. The van der Waals surface area contributed by atoms with Crippen molar-refractivity contribution in [1.29, 1.82) is 0 Å². The molecule has 162 valence electrons. The maximum Gasteiger partial charge on any atom is 0.511 e. The molecule has 29 heavy (non-hydrogen) atoms. The summed E-state index contributed by atoms with van der Waals surface area (Å²) in [6.45, 7) is 7.16. The summed E-state index contributed by atoms with van der Waals surface area (Å²) in [5.41, 5.74) is -0.726. The van der Waals surface area contributed by atoms with Gasteiger partial charge in [-0.1, -0.05) is 19.8 Å². The summed E-state index contributed by atoms with van der Waals surface area (Å²) in [6.07, 6.45) is -0.0673. The zero-order valence-corrected chi connectivity index (χ0v) is 16.7. The van der Waals surface area contributed by atoms with Gasteiger partial charge in [0.05, 0.1) is 4.92 Å². The lowest BCUT2D eigenvalue weighted by Gasteiger charge is -2.21. The minimum atomic E-state index is -1.45. The summed E-state index contributed by atoms with van der Waals surface area (Å²) in [7, 11) is 0. The number of amides is 1. The Morgan fingerprint density at radius 1 is 1.17 bits per heavy atom. The number of rotatable bonds is 7. The molecule has 3 N–H and O–H groups in total. The Morgan fingerprint density at radius 3 is 2.10 bits per heavy atom. The second kappa shape index (κ2) is 12.2. The lowest BCUT2D eigenvalue weighted by atomic mass is 10.1. The number of ether oxygens (including phenoxy) is 2. The molecular formula is C18H26N2O9. The fourth-order valence-electron chi connectivity index (χ4n) is 1.85. The van der Waals surface area contributed by atoms with Gasteiger partial charge >= 0.3 is 18.2 Å². The standard InChI is InChI=1S/C11H21NO4.C7H5NO5/c1-5-6-7-8(9(13)14)12-10(15)16-11(2,3)4;9-7(10)13-6-3-1-5(2-4-6)8(11)12/h8H,5-7H2,1-4H3,(H,12,15)(H,13,14);1-4H,(H,9,10)/t8-;/m0./s1. The molecule has 0 fully saturated rings. The van der Waals surface area contributed by atoms with Gasteiger partial charge in [-0.2, -0.15) is 0 Å². The SMILES string of the molecule is CCCC[C@H](NC(=O)OC(C)(C)C)C(=O)O.O=C(O)Oc1ccc([N+](=O)[O-])cc1. The van der Waals surface area contributed by atoms with Crippen LogP contribution >= 0.6 is 0 Å². The fourth-order valence-corrected chi connectivity index (χ4v) is 1.85. The highest BCUT2D eigenvalue weighted by molar-refractivity contribution is 5.79. The number of carbonyl (C=O) groups is 3. The van der Waals surface area contributed by atoms with Crippen molar-refractivity contribution in [2.24, 2.45) is 0 Å². The maximum absolute atomic E-state index is 11.3. The molecule has 1 aromatic rings. The summed E-state index contributed by atoms with van der Waals surface area (Å²) < 4.78 is 9.23. The van der Waals surface area contributed by atoms with Gasteiger partial charge in [0.1, 0.15) is 17.4 Å². The number of nitrogens with zero attached hydrogens (tertiary/aromatic N) is 1. The van der Waals surface area contributed by atoms with Gasteiger partial charge in [-0.25, -0.2) is 14.4 Å². The van der Waals surface area contributed by atoms with E-state index in [-0.39, 0.29) is 11.4 Å². The zero-order valence-electron chi connectivity index (χ0n) is 16.7. The minimum Gasteiger partial charge on any atom is -0.480 e. The van der Waals surface area contributed by atoms with Gasteiger partial charge in [0.25, 0.3) is 5.69 Å².